The van der Waals surface area contributed by atoms with Gasteiger partial charge in [-0.1, -0.05) is 12.1 Å². The number of aromatic nitrogens is 1. The molecule has 1 aromatic carbocycles. The molecule has 1 unspecified atom stereocenters. The Labute approximate surface area is 108 Å². The van der Waals surface area contributed by atoms with Crippen LogP contribution < -0.4 is 11.1 Å². The quantitative estimate of drug-likeness (QED) is 0.772. The normalized spacial score (nSPS) is 19.7. The van der Waals surface area contributed by atoms with Gasteiger partial charge in [0.15, 0.2) is 5.58 Å². The summed E-state index contributed by atoms with van der Waals surface area (Å²) in [4.78, 5) is 34.9. The Kier molecular flexibility index (Phi) is 2.51. The van der Waals surface area contributed by atoms with Crippen LogP contribution in [0.3, 0.4) is 0 Å². The van der Waals surface area contributed by atoms with Gasteiger partial charge in [-0.2, -0.15) is 0 Å². The SMILES string of the molecule is Cc1cccc2c1oc(=O)n2C1CCC(=O)NC1=O. The van der Waals surface area contributed by atoms with E-state index in [2.05, 4.69) is 5.32 Å². The third kappa shape index (κ3) is 1.76. The zero-order chi connectivity index (χ0) is 13.6. The molecule has 1 saturated heterocycles. The molecule has 0 radical (unpaired) electrons. The second-order valence-electron chi connectivity index (χ2n) is 4.63. The fourth-order valence-electron chi connectivity index (χ4n) is 2.42. The third-order valence-corrected chi connectivity index (χ3v) is 3.36. The van der Waals surface area contributed by atoms with Gasteiger partial charge in [-0.3, -0.25) is 19.5 Å². The molecule has 1 N–H and O–H groups in total. The van der Waals surface area contributed by atoms with E-state index in [1.807, 2.05) is 13.0 Å². The molecule has 19 heavy (non-hydrogen) atoms. The fraction of sp³-hybridized carbons (Fsp3) is 0.308. The summed E-state index contributed by atoms with van der Waals surface area (Å²) >= 11 is 0. The van der Waals surface area contributed by atoms with E-state index in [1.54, 1.807) is 12.1 Å². The van der Waals surface area contributed by atoms with Crippen molar-refractivity contribution in [2.75, 3.05) is 0 Å². The van der Waals surface area contributed by atoms with Gasteiger partial charge in [-0.25, -0.2) is 4.79 Å². The maximum atomic E-state index is 11.9. The van der Waals surface area contributed by atoms with Gasteiger partial charge in [0.05, 0.1) is 5.52 Å². The average molecular weight is 260 g/mol. The van der Waals surface area contributed by atoms with Crippen LogP contribution >= 0.6 is 0 Å². The molecule has 3 rings (SSSR count). The van der Waals surface area contributed by atoms with Gasteiger partial charge in [-0.15, -0.1) is 0 Å². The van der Waals surface area contributed by atoms with E-state index in [0.29, 0.717) is 17.5 Å². The summed E-state index contributed by atoms with van der Waals surface area (Å²) in [6.45, 7) is 1.83. The lowest BCUT2D eigenvalue weighted by molar-refractivity contribution is -0.135. The monoisotopic (exact) mass is 260 g/mol. The van der Waals surface area contributed by atoms with Crippen molar-refractivity contribution in [3.05, 3.63) is 34.3 Å². The maximum Gasteiger partial charge on any atom is 0.420 e. The van der Waals surface area contributed by atoms with Crippen LogP contribution in [0.2, 0.25) is 0 Å². The highest BCUT2D eigenvalue weighted by molar-refractivity contribution is 6.00. The van der Waals surface area contributed by atoms with Crippen LogP contribution in [0.1, 0.15) is 24.4 Å². The van der Waals surface area contributed by atoms with Crippen molar-refractivity contribution < 1.29 is 14.0 Å². The lowest BCUT2D eigenvalue weighted by atomic mass is 10.1. The lowest BCUT2D eigenvalue weighted by Gasteiger charge is -2.21. The van der Waals surface area contributed by atoms with Gasteiger partial charge in [0.2, 0.25) is 11.8 Å². The summed E-state index contributed by atoms with van der Waals surface area (Å²) in [7, 11) is 0. The molecule has 1 aromatic heterocycles. The zero-order valence-corrected chi connectivity index (χ0v) is 10.3. The molecule has 2 aromatic rings. The minimum Gasteiger partial charge on any atom is -0.407 e. The first kappa shape index (κ1) is 11.7. The summed E-state index contributed by atoms with van der Waals surface area (Å²) < 4.78 is 6.52. The predicted molar refractivity (Wildman–Crippen MR) is 66.6 cm³/mol. The summed E-state index contributed by atoms with van der Waals surface area (Å²) in [5.41, 5.74) is 1.90. The summed E-state index contributed by atoms with van der Waals surface area (Å²) in [5, 5.41) is 2.24. The van der Waals surface area contributed by atoms with E-state index in [9.17, 15) is 14.4 Å². The number of piperidine rings is 1. The molecule has 0 bridgehead atoms. The second-order valence-corrected chi connectivity index (χ2v) is 4.63. The van der Waals surface area contributed by atoms with Gasteiger partial charge < -0.3 is 4.42 Å². The van der Waals surface area contributed by atoms with Crippen LogP contribution in [0.15, 0.2) is 27.4 Å². The number of fused-ring (bicyclic) bond motifs is 1. The maximum absolute atomic E-state index is 11.9. The Morgan fingerprint density at radius 1 is 1.32 bits per heavy atom. The number of oxazole rings is 1. The van der Waals surface area contributed by atoms with Gasteiger partial charge in [0, 0.05) is 6.42 Å². The molecule has 0 aliphatic carbocycles. The summed E-state index contributed by atoms with van der Waals surface area (Å²) in [5.74, 6) is -1.33. The molecule has 1 aliphatic rings. The van der Waals surface area contributed by atoms with Crippen LogP contribution in [0.25, 0.3) is 11.1 Å². The van der Waals surface area contributed by atoms with Crippen molar-refractivity contribution in [1.82, 2.24) is 9.88 Å². The first-order valence-corrected chi connectivity index (χ1v) is 6.02. The van der Waals surface area contributed by atoms with E-state index >= 15 is 0 Å². The Morgan fingerprint density at radius 2 is 2.11 bits per heavy atom. The van der Waals surface area contributed by atoms with Crippen molar-refractivity contribution in [3.8, 4) is 0 Å². The molecular weight excluding hydrogens is 248 g/mol. The molecule has 6 heteroatoms. The average Bonchev–Trinajstić information content (AvgIpc) is 2.68. The van der Waals surface area contributed by atoms with E-state index < -0.39 is 17.7 Å². The molecule has 98 valence electrons. The number of hydrogen-bond acceptors (Lipinski definition) is 4. The van der Waals surface area contributed by atoms with E-state index in [4.69, 9.17) is 4.42 Å². The van der Waals surface area contributed by atoms with E-state index in [-0.39, 0.29) is 12.3 Å². The molecule has 2 amide bonds. The van der Waals surface area contributed by atoms with Gasteiger partial charge in [0.1, 0.15) is 6.04 Å². The summed E-state index contributed by atoms with van der Waals surface area (Å²) in [6.07, 6.45) is 0.536. The van der Waals surface area contributed by atoms with Crippen LogP contribution in [0, 0.1) is 6.92 Å². The number of nitrogens with one attached hydrogen (secondary N) is 1. The number of amides is 2. The topological polar surface area (TPSA) is 81.3 Å². The molecule has 1 aliphatic heterocycles. The largest absolute Gasteiger partial charge is 0.420 e. The number of aryl methyl sites for hydroxylation is 1. The van der Waals surface area contributed by atoms with E-state index in [1.165, 1.54) is 4.57 Å². The first-order valence-electron chi connectivity index (χ1n) is 6.02. The van der Waals surface area contributed by atoms with Crippen molar-refractivity contribution in [3.63, 3.8) is 0 Å². The molecule has 0 spiro atoms. The Balaban J connectivity index is 2.18. The molecule has 1 fully saturated rings. The Bertz CT molecular complexity index is 741. The predicted octanol–water partition coefficient (Wildman–Crippen LogP) is 0.881. The highest BCUT2D eigenvalue weighted by atomic mass is 16.4. The molecule has 2 heterocycles. The number of rotatable bonds is 1. The number of benzene rings is 1. The minimum absolute atomic E-state index is 0.224. The lowest BCUT2D eigenvalue weighted by Crippen LogP contribution is -2.43. The molecular formula is C13H12N2O4. The van der Waals surface area contributed by atoms with Crippen LogP contribution in [0.5, 0.6) is 0 Å². The number of hydrogen-bond donors (Lipinski definition) is 1. The smallest absolute Gasteiger partial charge is 0.407 e. The minimum atomic E-state index is -0.687. The Hall–Kier alpha value is -2.37. The van der Waals surface area contributed by atoms with Crippen LogP contribution in [-0.4, -0.2) is 16.4 Å². The summed E-state index contributed by atoms with van der Waals surface area (Å²) in [6, 6.07) is 4.68. The fourth-order valence-corrected chi connectivity index (χ4v) is 2.42. The van der Waals surface area contributed by atoms with Crippen molar-refractivity contribution >= 4 is 22.9 Å². The van der Waals surface area contributed by atoms with Crippen molar-refractivity contribution in [1.29, 1.82) is 0 Å². The zero-order valence-electron chi connectivity index (χ0n) is 10.3. The second kappa shape index (κ2) is 4.08. The van der Waals surface area contributed by atoms with Crippen LogP contribution in [-0.2, 0) is 9.59 Å². The standard InChI is InChI=1S/C13H12N2O4/c1-7-3-2-4-8-11(7)19-13(18)15(8)9-5-6-10(16)14-12(9)17/h2-4,9H,5-6H2,1H3,(H,14,16,17). The van der Waals surface area contributed by atoms with Gasteiger partial charge >= 0.3 is 5.76 Å². The molecule has 1 atom stereocenters. The van der Waals surface area contributed by atoms with Crippen LogP contribution in [0.4, 0.5) is 0 Å². The van der Waals surface area contributed by atoms with Crippen molar-refractivity contribution in [2.24, 2.45) is 0 Å². The number of para-hydroxylation sites is 1. The van der Waals surface area contributed by atoms with Gasteiger partial charge in [0.25, 0.3) is 0 Å². The number of imide groups is 1. The Morgan fingerprint density at radius 3 is 2.84 bits per heavy atom. The molecule has 0 saturated carbocycles. The first-order chi connectivity index (χ1) is 9.08. The van der Waals surface area contributed by atoms with E-state index in [0.717, 1.165) is 5.56 Å². The highest BCUT2D eigenvalue weighted by Crippen LogP contribution is 2.24. The molecule has 6 nitrogen and oxygen atoms in total. The number of carbonyl (C=O) groups is 2. The van der Waals surface area contributed by atoms with Gasteiger partial charge in [-0.05, 0) is 25.0 Å². The number of carbonyl (C=O) groups excluding carboxylic acids is 2. The highest BCUT2D eigenvalue weighted by Gasteiger charge is 2.31. The number of nitrogens with zero attached hydrogens (tertiary/aromatic N) is 1. The third-order valence-electron chi connectivity index (χ3n) is 3.36. The van der Waals surface area contributed by atoms with Crippen molar-refractivity contribution in [2.45, 2.75) is 25.8 Å².